The number of rotatable bonds is 6. The zero-order chi connectivity index (χ0) is 15.4. The van der Waals surface area contributed by atoms with Gasteiger partial charge >= 0.3 is 0 Å². The van der Waals surface area contributed by atoms with Crippen LogP contribution >= 0.6 is 11.3 Å². The summed E-state index contributed by atoms with van der Waals surface area (Å²) in [6.45, 7) is 5.11. The number of thiazole rings is 1. The average Bonchev–Trinajstić information content (AvgIpc) is 2.84. The predicted octanol–water partition coefficient (Wildman–Crippen LogP) is 3.69. The standard InChI is InChI=1S/C16H23N3OS/c1-11-16(21-10-17-11)12(2)18-14-8-13(9-19(3)4)6-7-15(14)20-5/h6-8,10,12,18H,9H2,1-5H3. The number of aromatic nitrogens is 1. The first-order valence-electron chi connectivity index (χ1n) is 6.99. The van der Waals surface area contributed by atoms with Crippen molar-refractivity contribution in [3.8, 4) is 5.75 Å². The number of ether oxygens (including phenoxy) is 1. The summed E-state index contributed by atoms with van der Waals surface area (Å²) in [7, 11) is 5.84. The molecule has 1 atom stereocenters. The maximum absolute atomic E-state index is 5.47. The van der Waals surface area contributed by atoms with Crippen LogP contribution in [-0.2, 0) is 6.54 Å². The van der Waals surface area contributed by atoms with Gasteiger partial charge in [-0.25, -0.2) is 4.98 Å². The maximum Gasteiger partial charge on any atom is 0.141 e. The fourth-order valence-corrected chi connectivity index (χ4v) is 3.17. The first kappa shape index (κ1) is 15.8. The monoisotopic (exact) mass is 305 g/mol. The van der Waals surface area contributed by atoms with Crippen LogP contribution in [0.15, 0.2) is 23.7 Å². The van der Waals surface area contributed by atoms with Crippen molar-refractivity contribution in [2.45, 2.75) is 26.4 Å². The molecule has 1 aromatic heterocycles. The lowest BCUT2D eigenvalue weighted by molar-refractivity contribution is 0.400. The molecule has 2 aromatic rings. The van der Waals surface area contributed by atoms with Crippen molar-refractivity contribution in [2.75, 3.05) is 26.5 Å². The van der Waals surface area contributed by atoms with Crippen LogP contribution in [0.25, 0.3) is 0 Å². The Morgan fingerprint density at radius 3 is 2.71 bits per heavy atom. The summed E-state index contributed by atoms with van der Waals surface area (Å²) in [6.07, 6.45) is 0. The number of benzene rings is 1. The number of hydrogen-bond donors (Lipinski definition) is 1. The first-order chi connectivity index (χ1) is 10.0. The normalized spacial score (nSPS) is 12.5. The van der Waals surface area contributed by atoms with E-state index in [1.807, 2.05) is 18.5 Å². The minimum atomic E-state index is 0.209. The maximum atomic E-state index is 5.47. The molecule has 1 aromatic carbocycles. The quantitative estimate of drug-likeness (QED) is 0.883. The van der Waals surface area contributed by atoms with Gasteiger partial charge in [0.05, 0.1) is 30.0 Å². The molecule has 0 aliphatic carbocycles. The summed E-state index contributed by atoms with van der Waals surface area (Å²) in [5.41, 5.74) is 5.26. The molecule has 21 heavy (non-hydrogen) atoms. The Morgan fingerprint density at radius 2 is 2.14 bits per heavy atom. The van der Waals surface area contributed by atoms with E-state index in [1.165, 1.54) is 10.4 Å². The van der Waals surface area contributed by atoms with Crippen molar-refractivity contribution in [1.29, 1.82) is 0 Å². The van der Waals surface area contributed by atoms with Gasteiger partial charge in [-0.15, -0.1) is 11.3 Å². The van der Waals surface area contributed by atoms with Crippen molar-refractivity contribution >= 4 is 17.0 Å². The first-order valence-corrected chi connectivity index (χ1v) is 7.87. The minimum Gasteiger partial charge on any atom is -0.495 e. The highest BCUT2D eigenvalue weighted by molar-refractivity contribution is 7.09. The lowest BCUT2D eigenvalue weighted by atomic mass is 10.1. The number of nitrogens with one attached hydrogen (secondary N) is 1. The van der Waals surface area contributed by atoms with Crippen LogP contribution in [0.4, 0.5) is 5.69 Å². The van der Waals surface area contributed by atoms with Crippen molar-refractivity contribution in [3.63, 3.8) is 0 Å². The van der Waals surface area contributed by atoms with Crippen molar-refractivity contribution < 1.29 is 4.74 Å². The van der Waals surface area contributed by atoms with Gasteiger partial charge in [-0.05, 0) is 45.6 Å². The van der Waals surface area contributed by atoms with E-state index in [0.717, 1.165) is 23.7 Å². The number of anilines is 1. The number of nitrogens with zero attached hydrogens (tertiary/aromatic N) is 2. The summed E-state index contributed by atoms with van der Waals surface area (Å²) in [5, 5.41) is 3.55. The van der Waals surface area contributed by atoms with Crippen LogP contribution in [0.2, 0.25) is 0 Å². The van der Waals surface area contributed by atoms with E-state index in [9.17, 15) is 0 Å². The van der Waals surface area contributed by atoms with Gasteiger partial charge in [0.2, 0.25) is 0 Å². The highest BCUT2D eigenvalue weighted by Crippen LogP contribution is 2.31. The molecule has 0 saturated carbocycles. The lowest BCUT2D eigenvalue weighted by Gasteiger charge is -2.19. The smallest absolute Gasteiger partial charge is 0.141 e. The Hall–Kier alpha value is -1.59. The molecule has 2 rings (SSSR count). The Bertz CT molecular complexity index is 595. The fourth-order valence-electron chi connectivity index (χ4n) is 2.36. The van der Waals surface area contributed by atoms with Crippen LogP contribution in [0.1, 0.15) is 29.1 Å². The molecule has 114 valence electrons. The zero-order valence-corrected chi connectivity index (χ0v) is 14.1. The highest BCUT2D eigenvalue weighted by Gasteiger charge is 2.13. The molecule has 0 amide bonds. The summed E-state index contributed by atoms with van der Waals surface area (Å²) >= 11 is 1.68. The van der Waals surface area contributed by atoms with Crippen LogP contribution in [0, 0.1) is 6.92 Å². The van der Waals surface area contributed by atoms with Crippen LogP contribution in [0.5, 0.6) is 5.75 Å². The highest BCUT2D eigenvalue weighted by atomic mass is 32.1. The van der Waals surface area contributed by atoms with Gasteiger partial charge in [0.1, 0.15) is 5.75 Å². The predicted molar refractivity (Wildman–Crippen MR) is 89.3 cm³/mol. The van der Waals surface area contributed by atoms with E-state index < -0.39 is 0 Å². The summed E-state index contributed by atoms with van der Waals surface area (Å²) in [6, 6.07) is 6.49. The van der Waals surface area contributed by atoms with E-state index in [2.05, 4.69) is 48.4 Å². The van der Waals surface area contributed by atoms with E-state index in [0.29, 0.717) is 0 Å². The molecule has 0 saturated heterocycles. The molecular weight excluding hydrogens is 282 g/mol. The van der Waals surface area contributed by atoms with Gasteiger partial charge in [-0.1, -0.05) is 6.07 Å². The van der Waals surface area contributed by atoms with E-state index in [-0.39, 0.29) is 6.04 Å². The van der Waals surface area contributed by atoms with Gasteiger partial charge < -0.3 is 15.0 Å². The third-order valence-electron chi connectivity index (χ3n) is 3.31. The van der Waals surface area contributed by atoms with Gasteiger partial charge in [-0.3, -0.25) is 0 Å². The Morgan fingerprint density at radius 1 is 1.38 bits per heavy atom. The van der Waals surface area contributed by atoms with Gasteiger partial charge in [0.15, 0.2) is 0 Å². The molecule has 0 aliphatic rings. The lowest BCUT2D eigenvalue weighted by Crippen LogP contribution is -2.12. The van der Waals surface area contributed by atoms with Crippen molar-refractivity contribution in [1.82, 2.24) is 9.88 Å². The molecule has 1 unspecified atom stereocenters. The third-order valence-corrected chi connectivity index (χ3v) is 4.42. The van der Waals surface area contributed by atoms with Crippen LogP contribution in [0.3, 0.4) is 0 Å². The summed E-state index contributed by atoms with van der Waals surface area (Å²) in [4.78, 5) is 7.73. The molecule has 1 N–H and O–H groups in total. The van der Waals surface area contributed by atoms with Gasteiger partial charge in [0, 0.05) is 11.4 Å². The van der Waals surface area contributed by atoms with E-state index >= 15 is 0 Å². The van der Waals surface area contributed by atoms with E-state index in [1.54, 1.807) is 18.4 Å². The van der Waals surface area contributed by atoms with E-state index in [4.69, 9.17) is 4.74 Å². The Labute approximate surface area is 130 Å². The average molecular weight is 305 g/mol. The molecule has 1 heterocycles. The Kier molecular flexibility index (Phi) is 5.20. The second kappa shape index (κ2) is 6.91. The number of hydrogen-bond acceptors (Lipinski definition) is 5. The largest absolute Gasteiger partial charge is 0.495 e. The molecule has 0 bridgehead atoms. The van der Waals surface area contributed by atoms with Crippen LogP contribution in [-0.4, -0.2) is 31.1 Å². The van der Waals surface area contributed by atoms with Crippen molar-refractivity contribution in [2.24, 2.45) is 0 Å². The molecular formula is C16H23N3OS. The molecule has 5 heteroatoms. The summed E-state index contributed by atoms with van der Waals surface area (Å²) in [5.74, 6) is 0.867. The fraction of sp³-hybridized carbons (Fsp3) is 0.438. The molecule has 4 nitrogen and oxygen atoms in total. The second-order valence-corrected chi connectivity index (χ2v) is 6.33. The minimum absolute atomic E-state index is 0.209. The van der Waals surface area contributed by atoms with Crippen LogP contribution < -0.4 is 10.1 Å². The molecule has 0 spiro atoms. The molecule has 0 fully saturated rings. The topological polar surface area (TPSA) is 37.4 Å². The molecule has 0 radical (unpaired) electrons. The second-order valence-electron chi connectivity index (χ2n) is 5.44. The third kappa shape index (κ3) is 3.95. The Balaban J connectivity index is 2.22. The summed E-state index contributed by atoms with van der Waals surface area (Å²) < 4.78 is 5.47. The number of aryl methyl sites for hydroxylation is 1. The van der Waals surface area contributed by atoms with Crippen molar-refractivity contribution in [3.05, 3.63) is 39.8 Å². The molecule has 0 aliphatic heterocycles. The number of methoxy groups -OCH3 is 1. The van der Waals surface area contributed by atoms with Gasteiger partial charge in [0.25, 0.3) is 0 Å². The SMILES string of the molecule is COc1ccc(CN(C)C)cc1NC(C)c1scnc1C. The zero-order valence-electron chi connectivity index (χ0n) is 13.3. The van der Waals surface area contributed by atoms with Gasteiger partial charge in [-0.2, -0.15) is 0 Å².